The van der Waals surface area contributed by atoms with Crippen molar-refractivity contribution in [2.45, 2.75) is 0 Å². The molecule has 0 amide bonds. The van der Waals surface area contributed by atoms with Crippen molar-refractivity contribution >= 4 is 19.4 Å². The van der Waals surface area contributed by atoms with E-state index in [4.69, 9.17) is 19.4 Å². The molecule has 0 saturated carbocycles. The molecule has 0 aromatic heterocycles. The van der Waals surface area contributed by atoms with Crippen molar-refractivity contribution in [1.82, 2.24) is 0 Å². The van der Waals surface area contributed by atoms with Crippen LogP contribution < -0.4 is 0 Å². The molecule has 0 aromatic rings. The molecule has 0 bridgehead atoms. The van der Waals surface area contributed by atoms with Gasteiger partial charge >= 0.3 is 34.5 Å². The summed E-state index contributed by atoms with van der Waals surface area (Å²) in [6, 6.07) is 0. The Morgan fingerprint density at radius 1 is 1.25 bits per heavy atom. The minimum absolute atomic E-state index is 0. The normalized spacial score (nSPS) is 5.50. The van der Waals surface area contributed by atoms with Gasteiger partial charge in [0.25, 0.3) is 0 Å². The molecule has 0 heterocycles. The van der Waals surface area contributed by atoms with E-state index in [1.165, 1.54) is 0 Å². The molecule has 0 aromatic carbocycles. The molecular weight excluding hydrogens is 184 g/mol. The van der Waals surface area contributed by atoms with Crippen molar-refractivity contribution in [2.24, 2.45) is 0 Å². The second-order valence-electron chi connectivity index (χ2n) is 0.0505. The SMILES string of the molecule is [CH3-].[Cl][Ru][Cl]. The second kappa shape index (κ2) is 8.88. The molecule has 0 nitrogen and oxygen atoms in total. The standard InChI is InChI=1S/CH3.2ClH.Ru/h1H3;2*1H;/q-1;;;+2/p-2. The van der Waals surface area contributed by atoms with Crippen LogP contribution in [0.25, 0.3) is 0 Å². The number of rotatable bonds is 0. The summed E-state index contributed by atoms with van der Waals surface area (Å²) in [5, 5.41) is 0. The van der Waals surface area contributed by atoms with Crippen molar-refractivity contribution in [1.29, 1.82) is 0 Å². The van der Waals surface area contributed by atoms with Crippen molar-refractivity contribution in [3.63, 3.8) is 0 Å². The van der Waals surface area contributed by atoms with Crippen LogP contribution >= 0.6 is 19.4 Å². The maximum absolute atomic E-state index is 4.85. The molecule has 4 heavy (non-hydrogen) atoms. The molecule has 3 heteroatoms. The van der Waals surface area contributed by atoms with Crippen LogP contribution in [0.5, 0.6) is 0 Å². The van der Waals surface area contributed by atoms with Gasteiger partial charge in [-0.1, -0.05) is 0 Å². The summed E-state index contributed by atoms with van der Waals surface area (Å²) in [6.07, 6.45) is 0. The van der Waals surface area contributed by atoms with Crippen LogP contribution in [0.1, 0.15) is 0 Å². The molecule has 0 atom stereocenters. The van der Waals surface area contributed by atoms with Crippen LogP contribution in [0.2, 0.25) is 0 Å². The molecule has 0 spiro atoms. The number of hydrogen-bond donors (Lipinski definition) is 0. The fraction of sp³-hybridized carbons (Fsp3) is 0. The van der Waals surface area contributed by atoms with E-state index in [0.717, 1.165) is 0 Å². The summed E-state index contributed by atoms with van der Waals surface area (Å²) in [6.45, 7) is 0. The molecule has 0 N–H and O–H groups in total. The van der Waals surface area contributed by atoms with E-state index in [0.29, 0.717) is 0 Å². The fourth-order valence-corrected chi connectivity index (χ4v) is 0. The summed E-state index contributed by atoms with van der Waals surface area (Å²) < 4.78 is 0. The van der Waals surface area contributed by atoms with Gasteiger partial charge in [0.1, 0.15) is 0 Å². The molecular formula is CH3Cl2Ru-. The van der Waals surface area contributed by atoms with Gasteiger partial charge in [0.05, 0.1) is 0 Å². The van der Waals surface area contributed by atoms with E-state index in [2.05, 4.69) is 0 Å². The van der Waals surface area contributed by atoms with Gasteiger partial charge in [-0.05, 0) is 0 Å². The third-order valence-electron chi connectivity index (χ3n) is 0. The van der Waals surface area contributed by atoms with Gasteiger partial charge in [-0.3, -0.25) is 0 Å². The van der Waals surface area contributed by atoms with E-state index in [9.17, 15) is 0 Å². The topological polar surface area (TPSA) is 0 Å². The van der Waals surface area contributed by atoms with Crippen LogP contribution in [-0.2, 0) is 15.1 Å². The van der Waals surface area contributed by atoms with E-state index in [-0.39, 0.29) is 22.6 Å². The van der Waals surface area contributed by atoms with E-state index in [1.54, 1.807) is 0 Å². The van der Waals surface area contributed by atoms with Gasteiger partial charge in [-0.2, -0.15) is 0 Å². The third kappa shape index (κ3) is 10.7. The average molecular weight is 187 g/mol. The molecule has 0 aliphatic rings. The second-order valence-corrected chi connectivity index (χ2v) is 2.69. The van der Waals surface area contributed by atoms with Crippen molar-refractivity contribution in [3.05, 3.63) is 7.43 Å². The van der Waals surface area contributed by atoms with Crippen LogP contribution in [0.3, 0.4) is 0 Å². The van der Waals surface area contributed by atoms with Gasteiger partial charge in [0.15, 0.2) is 0 Å². The zero-order valence-electron chi connectivity index (χ0n) is 2.11. The Labute approximate surface area is 42.2 Å². The summed E-state index contributed by atoms with van der Waals surface area (Å²) in [5.74, 6) is 0. The number of halogens is 2. The van der Waals surface area contributed by atoms with Crippen LogP contribution in [0.15, 0.2) is 0 Å². The molecule has 0 aliphatic carbocycles. The van der Waals surface area contributed by atoms with Crippen LogP contribution in [0.4, 0.5) is 0 Å². The summed E-state index contributed by atoms with van der Waals surface area (Å²) in [4.78, 5) is 0. The van der Waals surface area contributed by atoms with Crippen LogP contribution in [0, 0.1) is 7.43 Å². The first kappa shape index (κ1) is 8.96. The molecule has 0 unspecified atom stereocenters. The Balaban J connectivity index is 0. The zero-order chi connectivity index (χ0) is 2.71. The molecule has 0 aliphatic heterocycles. The Hall–Kier alpha value is 1.20. The monoisotopic (exact) mass is 187 g/mol. The average Bonchev–Trinajstić information content (AvgIpc) is 0.918. The quantitative estimate of drug-likeness (QED) is 0.400. The molecule has 0 rings (SSSR count). The van der Waals surface area contributed by atoms with Gasteiger partial charge < -0.3 is 7.43 Å². The van der Waals surface area contributed by atoms with Crippen LogP contribution in [-0.4, -0.2) is 0 Å². The van der Waals surface area contributed by atoms with Crippen molar-refractivity contribution < 1.29 is 15.1 Å². The van der Waals surface area contributed by atoms with E-state index in [1.807, 2.05) is 0 Å². The zero-order valence-corrected chi connectivity index (χ0v) is 5.36. The summed E-state index contributed by atoms with van der Waals surface area (Å²) in [7, 11) is 9.71. The summed E-state index contributed by atoms with van der Waals surface area (Å²) in [5.41, 5.74) is 0. The predicted molar refractivity (Wildman–Crippen MR) is 18.1 cm³/mol. The predicted octanol–water partition coefficient (Wildman–Crippen LogP) is 1.83. The third-order valence-corrected chi connectivity index (χ3v) is 0. The minimum atomic E-state index is -0.346. The fourth-order valence-electron chi connectivity index (χ4n) is 0. The van der Waals surface area contributed by atoms with Gasteiger partial charge in [-0.25, -0.2) is 0 Å². The summed E-state index contributed by atoms with van der Waals surface area (Å²) >= 11 is -0.346. The van der Waals surface area contributed by atoms with Gasteiger partial charge in [0.2, 0.25) is 0 Å². The maximum atomic E-state index is 4.85. The first-order valence-corrected chi connectivity index (χ1v) is 4.74. The Bertz CT molecular complexity index is 6.00. The Morgan fingerprint density at radius 3 is 1.25 bits per heavy atom. The number of hydrogen-bond acceptors (Lipinski definition) is 0. The molecule has 30 valence electrons. The van der Waals surface area contributed by atoms with Gasteiger partial charge in [0, 0.05) is 0 Å². The first-order chi connectivity index (χ1) is 1.41. The first-order valence-electron chi connectivity index (χ1n) is 0.267. The molecule has 0 saturated heterocycles. The molecule has 0 fully saturated rings. The molecule has 0 radical (unpaired) electrons. The van der Waals surface area contributed by atoms with Gasteiger partial charge in [-0.15, -0.1) is 0 Å². The Kier molecular flexibility index (Phi) is 19.9. The van der Waals surface area contributed by atoms with Crippen molar-refractivity contribution in [2.75, 3.05) is 0 Å². The van der Waals surface area contributed by atoms with E-state index >= 15 is 0 Å². The Morgan fingerprint density at radius 2 is 1.25 bits per heavy atom. The van der Waals surface area contributed by atoms with Crippen molar-refractivity contribution in [3.8, 4) is 0 Å². The van der Waals surface area contributed by atoms with E-state index < -0.39 is 0 Å².